The Balaban J connectivity index is 1.76. The molecule has 1 aliphatic carbocycles. The average Bonchev–Trinajstić information content (AvgIpc) is 3.51. The van der Waals surface area contributed by atoms with Crippen molar-refractivity contribution in [2.24, 2.45) is 11.8 Å². The fourth-order valence-electron chi connectivity index (χ4n) is 4.63. The zero-order valence-corrected chi connectivity index (χ0v) is 23.0. The highest BCUT2D eigenvalue weighted by Gasteiger charge is 2.51. The van der Waals surface area contributed by atoms with Crippen LogP contribution in [0.3, 0.4) is 0 Å². The third-order valence-electron chi connectivity index (χ3n) is 6.66. The third kappa shape index (κ3) is 6.13. The quantitative estimate of drug-likeness (QED) is 0.373. The number of benzene rings is 2. The summed E-state index contributed by atoms with van der Waals surface area (Å²) >= 11 is 0. The first kappa shape index (κ1) is 26.1. The summed E-state index contributed by atoms with van der Waals surface area (Å²) in [7, 11) is -3.58. The molecule has 1 saturated carbocycles. The van der Waals surface area contributed by atoms with Crippen molar-refractivity contribution in [1.82, 2.24) is 4.72 Å². The maximum Gasteiger partial charge on any atom is 0.261 e. The molecular formula is C28H41NO2SSi. The van der Waals surface area contributed by atoms with Gasteiger partial charge in [-0.25, -0.2) is 8.93 Å². The Morgan fingerprint density at radius 1 is 1.00 bits per heavy atom. The van der Waals surface area contributed by atoms with Crippen molar-refractivity contribution in [3.8, 4) is 0 Å². The van der Waals surface area contributed by atoms with Crippen LogP contribution >= 0.6 is 0 Å². The van der Waals surface area contributed by atoms with Gasteiger partial charge in [-0.05, 0) is 60.9 Å². The maximum atomic E-state index is 12.5. The van der Waals surface area contributed by atoms with Crippen LogP contribution in [0.5, 0.6) is 0 Å². The second kappa shape index (κ2) is 10.4. The minimum Gasteiger partial charge on any atom is -0.407 e. The first-order chi connectivity index (χ1) is 15.5. The number of hydrogen-bond donors (Lipinski definition) is 1. The van der Waals surface area contributed by atoms with Gasteiger partial charge >= 0.3 is 0 Å². The monoisotopic (exact) mass is 483 g/mol. The van der Waals surface area contributed by atoms with E-state index in [1.807, 2.05) is 26.8 Å². The van der Waals surface area contributed by atoms with Gasteiger partial charge in [0, 0.05) is 12.6 Å². The molecular weight excluding hydrogens is 442 g/mol. The molecule has 0 aliphatic heterocycles. The zero-order valence-electron chi connectivity index (χ0n) is 21.1. The summed E-state index contributed by atoms with van der Waals surface area (Å²) in [5, 5.41) is 2.65. The molecule has 0 spiro atoms. The van der Waals surface area contributed by atoms with E-state index in [0.29, 0.717) is 11.8 Å². The number of nitrogens with one attached hydrogen (secondary N) is 1. The summed E-state index contributed by atoms with van der Waals surface area (Å²) in [5.41, 5.74) is 0. The van der Waals surface area contributed by atoms with Gasteiger partial charge in [0.2, 0.25) is 0 Å². The maximum absolute atomic E-state index is 12.5. The molecule has 0 heterocycles. The standard InChI is InChI=1S/C28H41NO2SSi/c1-8-24(29-32(30)27(2,3)4)20-22-19-23(22)21-31-33(28(5,6)7,25-15-11-9-12-16-25)26-17-13-10-14-18-26/h8-18,22-24,29H,1,19-21H2,2-7H3/t22-,23+,24+,32?/m0/s1. The second-order valence-electron chi connectivity index (χ2n) is 11.3. The highest BCUT2D eigenvalue weighted by Crippen LogP contribution is 2.44. The van der Waals surface area contributed by atoms with E-state index in [4.69, 9.17) is 4.43 Å². The van der Waals surface area contributed by atoms with E-state index in [9.17, 15) is 4.21 Å². The predicted octanol–water partition coefficient (Wildman–Crippen LogP) is 5.20. The summed E-state index contributed by atoms with van der Waals surface area (Å²) in [6.07, 6.45) is 4.02. The fraction of sp³-hybridized carbons (Fsp3) is 0.500. The van der Waals surface area contributed by atoms with Crippen molar-refractivity contribution in [2.45, 2.75) is 70.2 Å². The van der Waals surface area contributed by atoms with E-state index in [1.54, 1.807) is 0 Å². The highest BCUT2D eigenvalue weighted by molar-refractivity contribution is 7.84. The van der Waals surface area contributed by atoms with E-state index < -0.39 is 19.3 Å². The Kier molecular flexibility index (Phi) is 8.21. The van der Waals surface area contributed by atoms with Crippen LogP contribution in [0.25, 0.3) is 0 Å². The van der Waals surface area contributed by atoms with Crippen LogP contribution in [0.4, 0.5) is 0 Å². The Hall–Kier alpha value is -1.53. The van der Waals surface area contributed by atoms with Crippen molar-refractivity contribution in [3.63, 3.8) is 0 Å². The molecule has 1 aliphatic rings. The molecule has 0 aromatic heterocycles. The Bertz CT molecular complexity index is 894. The molecule has 1 unspecified atom stereocenters. The van der Waals surface area contributed by atoms with Crippen LogP contribution in [0.15, 0.2) is 73.3 Å². The molecule has 3 rings (SSSR count). The zero-order chi connectivity index (χ0) is 24.3. The molecule has 3 nitrogen and oxygen atoms in total. The van der Waals surface area contributed by atoms with Gasteiger partial charge in [0.1, 0.15) is 0 Å². The fourth-order valence-corrected chi connectivity index (χ4v) is 10.1. The van der Waals surface area contributed by atoms with Gasteiger partial charge in [-0.2, -0.15) is 0 Å². The van der Waals surface area contributed by atoms with Gasteiger partial charge in [0.15, 0.2) is 0 Å². The van der Waals surface area contributed by atoms with Crippen LogP contribution in [-0.4, -0.2) is 29.9 Å². The lowest BCUT2D eigenvalue weighted by molar-refractivity contribution is 0.272. The number of rotatable bonds is 10. The smallest absolute Gasteiger partial charge is 0.261 e. The molecule has 2 aromatic carbocycles. The molecule has 4 atom stereocenters. The highest BCUT2D eigenvalue weighted by atomic mass is 32.2. The van der Waals surface area contributed by atoms with Crippen LogP contribution in [0, 0.1) is 11.8 Å². The van der Waals surface area contributed by atoms with Gasteiger partial charge in [-0.3, -0.25) is 0 Å². The molecule has 5 heteroatoms. The molecule has 33 heavy (non-hydrogen) atoms. The normalized spacial score (nSPS) is 20.8. The predicted molar refractivity (Wildman–Crippen MR) is 145 cm³/mol. The van der Waals surface area contributed by atoms with Crippen LogP contribution in [0.1, 0.15) is 54.4 Å². The van der Waals surface area contributed by atoms with Crippen molar-refractivity contribution in [1.29, 1.82) is 0 Å². The van der Waals surface area contributed by atoms with Gasteiger partial charge < -0.3 is 4.43 Å². The first-order valence-electron chi connectivity index (χ1n) is 12.0. The SMILES string of the molecule is C=C[C@H](C[C@@H]1C[C@@H]1CO[Si](c1ccccc1)(c1ccccc1)C(C)(C)C)NS(=O)C(C)(C)C. The van der Waals surface area contributed by atoms with E-state index in [1.165, 1.54) is 10.4 Å². The number of hydrogen-bond acceptors (Lipinski definition) is 2. The van der Waals surface area contributed by atoms with Gasteiger partial charge in [0.25, 0.3) is 8.32 Å². The average molecular weight is 484 g/mol. The lowest BCUT2D eigenvalue weighted by atomic mass is 10.1. The lowest BCUT2D eigenvalue weighted by Gasteiger charge is -2.43. The first-order valence-corrected chi connectivity index (χ1v) is 15.1. The van der Waals surface area contributed by atoms with Crippen molar-refractivity contribution >= 4 is 29.7 Å². The summed E-state index contributed by atoms with van der Waals surface area (Å²) in [5.74, 6) is 1.12. The minimum absolute atomic E-state index is 0.00505. The van der Waals surface area contributed by atoms with E-state index in [-0.39, 0.29) is 15.8 Å². The van der Waals surface area contributed by atoms with Gasteiger partial charge in [-0.1, -0.05) is 87.5 Å². The molecule has 2 aromatic rings. The largest absolute Gasteiger partial charge is 0.407 e. The molecule has 0 radical (unpaired) electrons. The molecule has 1 N–H and O–H groups in total. The molecule has 1 fully saturated rings. The van der Waals surface area contributed by atoms with Gasteiger partial charge in [-0.15, -0.1) is 6.58 Å². The second-order valence-corrected chi connectivity index (χ2v) is 17.6. The summed E-state index contributed by atoms with van der Waals surface area (Å²) in [6.45, 7) is 17.7. The van der Waals surface area contributed by atoms with Gasteiger partial charge in [0.05, 0.1) is 15.7 Å². The van der Waals surface area contributed by atoms with Crippen LogP contribution in [-0.2, 0) is 15.4 Å². The molecule has 0 bridgehead atoms. The Morgan fingerprint density at radius 3 is 1.94 bits per heavy atom. The molecule has 180 valence electrons. The lowest BCUT2D eigenvalue weighted by Crippen LogP contribution is -2.66. The van der Waals surface area contributed by atoms with Crippen molar-refractivity contribution in [2.75, 3.05) is 6.61 Å². The van der Waals surface area contributed by atoms with Crippen molar-refractivity contribution in [3.05, 3.63) is 73.3 Å². The van der Waals surface area contributed by atoms with Crippen molar-refractivity contribution < 1.29 is 8.63 Å². The van der Waals surface area contributed by atoms with E-state index in [2.05, 4.69) is 92.7 Å². The Labute approximate surface area is 204 Å². The van der Waals surface area contributed by atoms with Crippen LogP contribution in [0.2, 0.25) is 5.04 Å². The Morgan fingerprint density at radius 2 is 1.52 bits per heavy atom. The summed E-state index contributed by atoms with van der Waals surface area (Å²) in [6, 6.07) is 21.7. The van der Waals surface area contributed by atoms with Crippen LogP contribution < -0.4 is 15.1 Å². The molecule has 0 saturated heterocycles. The topological polar surface area (TPSA) is 38.3 Å². The van der Waals surface area contributed by atoms with E-state index in [0.717, 1.165) is 19.4 Å². The summed E-state index contributed by atoms with van der Waals surface area (Å²) in [4.78, 5) is 0. The third-order valence-corrected chi connectivity index (χ3v) is 13.3. The summed E-state index contributed by atoms with van der Waals surface area (Å²) < 4.78 is 22.6. The molecule has 0 amide bonds. The minimum atomic E-state index is -2.49. The van der Waals surface area contributed by atoms with E-state index >= 15 is 0 Å².